The van der Waals surface area contributed by atoms with Gasteiger partial charge in [0.05, 0.1) is 13.3 Å². The predicted molar refractivity (Wildman–Crippen MR) is 111 cm³/mol. The van der Waals surface area contributed by atoms with Crippen molar-refractivity contribution in [3.05, 3.63) is 70.4 Å². The number of benzene rings is 2. The van der Waals surface area contributed by atoms with E-state index in [1.165, 1.54) is 13.3 Å². The minimum Gasteiger partial charge on any atom is -0.497 e. The van der Waals surface area contributed by atoms with Crippen molar-refractivity contribution in [2.45, 2.75) is 0 Å². The zero-order valence-corrected chi connectivity index (χ0v) is 17.0. The van der Waals surface area contributed by atoms with E-state index in [-0.39, 0.29) is 24.0 Å². The summed E-state index contributed by atoms with van der Waals surface area (Å²) in [5, 5.41) is 14.8. The van der Waals surface area contributed by atoms with Gasteiger partial charge in [0.2, 0.25) is 5.69 Å². The van der Waals surface area contributed by atoms with Crippen molar-refractivity contribution >= 4 is 29.5 Å². The standard InChI is InChI=1S/C20H18ClN5O4/c1-22-19(28)18-20(30-12-17(27)14-5-9-16(29-2)10-6-14)26(25-24-18)23-11-13-3-7-15(21)8-4-13/h3-11H,12H2,1-2H3,(H,22,28)/b23-11+. The van der Waals surface area contributed by atoms with Gasteiger partial charge in [0.25, 0.3) is 11.8 Å². The van der Waals surface area contributed by atoms with Crippen LogP contribution in [0.15, 0.2) is 53.6 Å². The molecule has 1 aromatic heterocycles. The third kappa shape index (κ3) is 5.00. The molecular weight excluding hydrogens is 410 g/mol. The van der Waals surface area contributed by atoms with Crippen LogP contribution in [0.3, 0.4) is 0 Å². The lowest BCUT2D eigenvalue weighted by atomic mass is 10.1. The van der Waals surface area contributed by atoms with E-state index in [9.17, 15) is 9.59 Å². The zero-order chi connectivity index (χ0) is 21.5. The van der Waals surface area contributed by atoms with Gasteiger partial charge in [0.15, 0.2) is 12.4 Å². The number of rotatable bonds is 8. The number of aromatic nitrogens is 3. The van der Waals surface area contributed by atoms with E-state index >= 15 is 0 Å². The van der Waals surface area contributed by atoms with E-state index in [2.05, 4.69) is 20.7 Å². The molecule has 30 heavy (non-hydrogen) atoms. The second kappa shape index (κ2) is 9.66. The summed E-state index contributed by atoms with van der Waals surface area (Å²) in [6, 6.07) is 13.5. The fraction of sp³-hybridized carbons (Fsp3) is 0.150. The minimum atomic E-state index is -0.519. The molecule has 154 valence electrons. The number of hydrogen-bond donors (Lipinski definition) is 1. The maximum absolute atomic E-state index is 12.4. The highest BCUT2D eigenvalue weighted by Crippen LogP contribution is 2.17. The van der Waals surface area contributed by atoms with Gasteiger partial charge < -0.3 is 14.8 Å². The Hall–Kier alpha value is -3.72. The Morgan fingerprint density at radius 2 is 1.87 bits per heavy atom. The molecule has 1 amide bonds. The molecule has 0 aliphatic heterocycles. The fourth-order valence-corrected chi connectivity index (χ4v) is 2.52. The number of ether oxygens (including phenoxy) is 2. The van der Waals surface area contributed by atoms with Crippen molar-refractivity contribution in [2.75, 3.05) is 20.8 Å². The van der Waals surface area contributed by atoms with Crippen molar-refractivity contribution in [3.8, 4) is 11.6 Å². The van der Waals surface area contributed by atoms with Crippen LogP contribution in [0.2, 0.25) is 5.02 Å². The van der Waals surface area contributed by atoms with Gasteiger partial charge in [0, 0.05) is 17.6 Å². The van der Waals surface area contributed by atoms with Crippen LogP contribution in [0.5, 0.6) is 11.6 Å². The summed E-state index contributed by atoms with van der Waals surface area (Å²) in [7, 11) is 2.99. The lowest BCUT2D eigenvalue weighted by Crippen LogP contribution is -2.21. The van der Waals surface area contributed by atoms with Crippen molar-refractivity contribution in [2.24, 2.45) is 5.10 Å². The van der Waals surface area contributed by atoms with Gasteiger partial charge in [0.1, 0.15) is 5.75 Å². The molecule has 9 nitrogen and oxygen atoms in total. The number of ketones is 1. The second-order valence-corrected chi connectivity index (χ2v) is 6.38. The van der Waals surface area contributed by atoms with Crippen LogP contribution < -0.4 is 14.8 Å². The van der Waals surface area contributed by atoms with Crippen LogP contribution in [-0.2, 0) is 0 Å². The van der Waals surface area contributed by atoms with Crippen LogP contribution in [0.4, 0.5) is 0 Å². The number of Topliss-reactive ketones (excluding diaryl/α,β-unsaturated/α-hetero) is 1. The molecule has 3 rings (SSSR count). The lowest BCUT2D eigenvalue weighted by molar-refractivity contribution is 0.0898. The number of carbonyl (C=O) groups excluding carboxylic acids is 2. The monoisotopic (exact) mass is 427 g/mol. The molecule has 0 unspecified atom stereocenters. The molecule has 0 bridgehead atoms. The molecule has 1 N–H and O–H groups in total. The third-order valence-corrected chi connectivity index (χ3v) is 4.25. The summed E-state index contributed by atoms with van der Waals surface area (Å²) in [5.41, 5.74) is 1.09. The van der Waals surface area contributed by atoms with E-state index in [0.717, 1.165) is 10.4 Å². The molecule has 1 heterocycles. The minimum absolute atomic E-state index is 0.0542. The Morgan fingerprint density at radius 1 is 1.17 bits per heavy atom. The van der Waals surface area contributed by atoms with E-state index in [4.69, 9.17) is 21.1 Å². The molecule has 0 spiro atoms. The molecule has 0 aliphatic rings. The highest BCUT2D eigenvalue weighted by atomic mass is 35.5. The highest BCUT2D eigenvalue weighted by molar-refractivity contribution is 6.30. The summed E-state index contributed by atoms with van der Waals surface area (Å²) in [6.45, 7) is -0.333. The number of methoxy groups -OCH3 is 1. The van der Waals surface area contributed by atoms with E-state index in [1.807, 2.05) is 0 Å². The number of nitrogens with one attached hydrogen (secondary N) is 1. The zero-order valence-electron chi connectivity index (χ0n) is 16.2. The fourth-order valence-electron chi connectivity index (χ4n) is 2.39. The Balaban J connectivity index is 1.80. The summed E-state index contributed by atoms with van der Waals surface area (Å²) in [4.78, 5) is 25.6. The largest absolute Gasteiger partial charge is 0.497 e. The normalized spacial score (nSPS) is 10.8. The van der Waals surface area contributed by atoms with Crippen LogP contribution >= 0.6 is 11.6 Å². The van der Waals surface area contributed by atoms with Gasteiger partial charge in [-0.2, -0.15) is 5.10 Å². The van der Waals surface area contributed by atoms with Gasteiger partial charge in [-0.05, 0) is 47.2 Å². The smallest absolute Gasteiger partial charge is 0.277 e. The maximum Gasteiger partial charge on any atom is 0.277 e. The molecule has 0 aliphatic carbocycles. The van der Waals surface area contributed by atoms with Crippen LogP contribution in [0.1, 0.15) is 26.4 Å². The molecule has 10 heteroatoms. The van der Waals surface area contributed by atoms with Crippen LogP contribution in [0.25, 0.3) is 0 Å². The number of amides is 1. The average Bonchev–Trinajstić information content (AvgIpc) is 3.19. The summed E-state index contributed by atoms with van der Waals surface area (Å²) >= 11 is 5.87. The number of halogens is 1. The number of nitrogens with zero attached hydrogens (tertiary/aromatic N) is 4. The quantitative estimate of drug-likeness (QED) is 0.437. The summed E-state index contributed by atoms with van der Waals surface area (Å²) in [5.74, 6) is -0.237. The molecule has 2 aromatic carbocycles. The lowest BCUT2D eigenvalue weighted by Gasteiger charge is -2.07. The third-order valence-electron chi connectivity index (χ3n) is 3.99. The van der Waals surface area contributed by atoms with Crippen molar-refractivity contribution in [3.63, 3.8) is 0 Å². The Bertz CT molecular complexity index is 1060. The first kappa shape index (κ1) is 21.0. The average molecular weight is 428 g/mol. The summed E-state index contributed by atoms with van der Waals surface area (Å²) in [6.07, 6.45) is 1.50. The Labute approximate surface area is 177 Å². The van der Waals surface area contributed by atoms with Crippen LogP contribution in [0, 0.1) is 0 Å². The Kier molecular flexibility index (Phi) is 6.76. The summed E-state index contributed by atoms with van der Waals surface area (Å²) < 4.78 is 10.7. The SMILES string of the molecule is CNC(=O)c1nnn(/N=C/c2ccc(Cl)cc2)c1OCC(=O)c1ccc(OC)cc1. The predicted octanol–water partition coefficient (Wildman–Crippen LogP) is 2.44. The first-order chi connectivity index (χ1) is 14.5. The van der Waals surface area contributed by atoms with Gasteiger partial charge >= 0.3 is 0 Å². The second-order valence-electron chi connectivity index (χ2n) is 5.95. The van der Waals surface area contributed by atoms with E-state index in [1.54, 1.807) is 55.6 Å². The molecule has 0 fully saturated rings. The topological polar surface area (TPSA) is 108 Å². The van der Waals surface area contributed by atoms with Crippen molar-refractivity contribution in [1.29, 1.82) is 0 Å². The van der Waals surface area contributed by atoms with Crippen LogP contribution in [-0.4, -0.2) is 53.8 Å². The van der Waals surface area contributed by atoms with Gasteiger partial charge in [-0.1, -0.05) is 28.5 Å². The first-order valence-corrected chi connectivity index (χ1v) is 9.17. The van der Waals surface area contributed by atoms with E-state index in [0.29, 0.717) is 16.3 Å². The van der Waals surface area contributed by atoms with E-state index < -0.39 is 5.91 Å². The highest BCUT2D eigenvalue weighted by Gasteiger charge is 2.22. The number of carbonyl (C=O) groups is 2. The molecule has 0 atom stereocenters. The van der Waals surface area contributed by atoms with Gasteiger partial charge in [-0.3, -0.25) is 9.59 Å². The molecular formula is C20H18ClN5O4. The molecule has 3 aromatic rings. The Morgan fingerprint density at radius 3 is 2.50 bits per heavy atom. The molecule has 0 saturated carbocycles. The van der Waals surface area contributed by atoms with Gasteiger partial charge in [-0.15, -0.1) is 5.10 Å². The maximum atomic E-state index is 12.4. The van der Waals surface area contributed by atoms with Crippen molar-refractivity contribution in [1.82, 2.24) is 20.4 Å². The number of hydrogen-bond acceptors (Lipinski definition) is 7. The van der Waals surface area contributed by atoms with Crippen molar-refractivity contribution < 1.29 is 19.1 Å². The van der Waals surface area contributed by atoms with Gasteiger partial charge in [-0.25, -0.2) is 0 Å². The first-order valence-electron chi connectivity index (χ1n) is 8.79. The molecule has 0 radical (unpaired) electrons. The molecule has 0 saturated heterocycles.